The number of hydrogen-bond donors (Lipinski definition) is 3. The summed E-state index contributed by atoms with van der Waals surface area (Å²) in [6.45, 7) is 0. The second-order valence-electron chi connectivity index (χ2n) is 5.34. The molecule has 0 unspecified atom stereocenters. The van der Waals surface area contributed by atoms with Crippen molar-refractivity contribution in [2.75, 3.05) is 10.6 Å². The first kappa shape index (κ1) is 16.2. The van der Waals surface area contributed by atoms with E-state index in [4.69, 9.17) is 5.11 Å². The lowest BCUT2D eigenvalue weighted by molar-refractivity contribution is -0.268. The molecule has 0 saturated heterocycles. The molecule has 1 aliphatic heterocycles. The minimum absolute atomic E-state index is 0.0259. The van der Waals surface area contributed by atoms with Crippen LogP contribution in [0.4, 0.5) is 11.4 Å². The van der Waals surface area contributed by atoms with Gasteiger partial charge >= 0.3 is 5.97 Å². The molecule has 8 nitrogen and oxygen atoms in total. The number of para-hydroxylation sites is 1. The quantitative estimate of drug-likeness (QED) is 0.554. The molecule has 126 valence electrons. The Balaban J connectivity index is 1.83. The third-order valence-corrected chi connectivity index (χ3v) is 3.75. The summed E-state index contributed by atoms with van der Waals surface area (Å²) >= 11 is 0. The van der Waals surface area contributed by atoms with E-state index < -0.39 is 40.8 Å². The van der Waals surface area contributed by atoms with E-state index in [-0.39, 0.29) is 5.69 Å². The van der Waals surface area contributed by atoms with Crippen LogP contribution in [0.3, 0.4) is 0 Å². The number of rotatable bonds is 4. The smallest absolute Gasteiger partial charge is 0.335 e. The van der Waals surface area contributed by atoms with E-state index in [0.717, 1.165) is 12.1 Å². The van der Waals surface area contributed by atoms with Crippen LogP contribution in [0.25, 0.3) is 0 Å². The molecule has 0 aliphatic carbocycles. The number of aromatic carboxylic acids is 1. The van der Waals surface area contributed by atoms with Crippen molar-refractivity contribution in [1.82, 2.24) is 0 Å². The second kappa shape index (κ2) is 6.08. The number of carboxylic acid groups (broad SMARTS) is 1. The van der Waals surface area contributed by atoms with E-state index in [0.29, 0.717) is 11.3 Å². The van der Waals surface area contributed by atoms with E-state index in [2.05, 4.69) is 10.6 Å². The van der Waals surface area contributed by atoms with Crippen molar-refractivity contribution in [3.8, 4) is 5.75 Å². The van der Waals surface area contributed by atoms with Crippen molar-refractivity contribution in [3.63, 3.8) is 0 Å². The number of anilines is 2. The summed E-state index contributed by atoms with van der Waals surface area (Å²) < 4.78 is 0. The molecule has 3 N–H and O–H groups in total. The lowest BCUT2D eigenvalue weighted by atomic mass is 9.95. The standard InChI is InChI=1S/C17H12N2O6/c20-12-6-5-8(7-10(12)17(24)25)18-16(23)14(21)13-9-3-1-2-4-11(9)19-15(13)22/h1-7,13,20H,(H,18,23)(H,19,22)(H,24,25)/p-1/t13-/m1/s1. The van der Waals surface area contributed by atoms with Gasteiger partial charge in [0, 0.05) is 11.4 Å². The van der Waals surface area contributed by atoms with E-state index >= 15 is 0 Å². The zero-order valence-corrected chi connectivity index (χ0v) is 12.6. The van der Waals surface area contributed by atoms with Crippen LogP contribution in [0.15, 0.2) is 42.5 Å². The Morgan fingerprint density at radius 3 is 2.56 bits per heavy atom. The van der Waals surface area contributed by atoms with Crippen LogP contribution in [0.1, 0.15) is 21.8 Å². The number of hydrogen-bond acceptors (Lipinski definition) is 5. The molecule has 2 aromatic carbocycles. The zero-order chi connectivity index (χ0) is 18.1. The topological polar surface area (TPSA) is 136 Å². The van der Waals surface area contributed by atoms with Crippen LogP contribution in [0.2, 0.25) is 0 Å². The van der Waals surface area contributed by atoms with Crippen LogP contribution < -0.4 is 15.7 Å². The van der Waals surface area contributed by atoms with Crippen molar-refractivity contribution in [1.29, 1.82) is 0 Å². The highest BCUT2D eigenvalue weighted by molar-refractivity contribution is 6.47. The number of amides is 2. The first-order valence-corrected chi connectivity index (χ1v) is 7.18. The van der Waals surface area contributed by atoms with Crippen molar-refractivity contribution < 1.29 is 29.4 Å². The van der Waals surface area contributed by atoms with Gasteiger partial charge in [0.15, 0.2) is 0 Å². The van der Waals surface area contributed by atoms with Crippen LogP contribution in [-0.4, -0.2) is 28.7 Å². The molecule has 0 saturated carbocycles. The Hall–Kier alpha value is -3.68. The Bertz CT molecular complexity index is 921. The number of fused-ring (bicyclic) bond motifs is 1. The normalized spacial score (nSPS) is 15.2. The van der Waals surface area contributed by atoms with Crippen LogP contribution >= 0.6 is 0 Å². The van der Waals surface area contributed by atoms with Gasteiger partial charge in [0.05, 0.1) is 5.56 Å². The number of carbonyl (C=O) groups excluding carboxylic acids is 3. The van der Waals surface area contributed by atoms with Crippen molar-refractivity contribution >= 4 is 34.9 Å². The Morgan fingerprint density at radius 2 is 1.84 bits per heavy atom. The first-order chi connectivity index (χ1) is 11.9. The molecule has 1 atom stereocenters. The van der Waals surface area contributed by atoms with Crippen LogP contribution in [0.5, 0.6) is 5.75 Å². The van der Waals surface area contributed by atoms with Crippen molar-refractivity contribution in [3.05, 3.63) is 53.6 Å². The Labute approximate surface area is 141 Å². The largest absolute Gasteiger partial charge is 0.872 e. The molecule has 1 aliphatic rings. The van der Waals surface area contributed by atoms with Gasteiger partial charge in [0.1, 0.15) is 5.92 Å². The number of carboxylic acids is 1. The summed E-state index contributed by atoms with van der Waals surface area (Å²) in [5, 5.41) is 25.1. The molecule has 2 amide bonds. The van der Waals surface area contributed by atoms with Gasteiger partial charge in [-0.05, 0) is 23.8 Å². The third kappa shape index (κ3) is 2.92. The highest BCUT2D eigenvalue weighted by atomic mass is 16.4. The maximum atomic E-state index is 12.4. The molecule has 0 fully saturated rings. The minimum Gasteiger partial charge on any atom is -0.872 e. The van der Waals surface area contributed by atoms with Gasteiger partial charge in [-0.1, -0.05) is 30.0 Å². The Kier molecular flexibility index (Phi) is 3.94. The summed E-state index contributed by atoms with van der Waals surface area (Å²) in [4.78, 5) is 47.4. The number of benzene rings is 2. The van der Waals surface area contributed by atoms with E-state index in [1.165, 1.54) is 6.07 Å². The van der Waals surface area contributed by atoms with Gasteiger partial charge in [-0.25, -0.2) is 4.79 Å². The summed E-state index contributed by atoms with van der Waals surface area (Å²) in [6, 6.07) is 9.62. The monoisotopic (exact) mass is 339 g/mol. The first-order valence-electron chi connectivity index (χ1n) is 7.18. The summed E-state index contributed by atoms with van der Waals surface area (Å²) in [7, 11) is 0. The van der Waals surface area contributed by atoms with E-state index in [1.54, 1.807) is 24.3 Å². The third-order valence-electron chi connectivity index (χ3n) is 3.75. The predicted octanol–water partition coefficient (Wildman–Crippen LogP) is 0.702. The van der Waals surface area contributed by atoms with E-state index in [1.807, 2.05) is 0 Å². The molecular formula is C17H11N2O6-. The number of ketones is 1. The molecule has 8 heteroatoms. The van der Waals surface area contributed by atoms with Gasteiger partial charge in [0.25, 0.3) is 5.91 Å². The maximum absolute atomic E-state index is 12.4. The summed E-state index contributed by atoms with van der Waals surface area (Å²) in [6.07, 6.45) is 0. The lowest BCUT2D eigenvalue weighted by Crippen LogP contribution is -2.32. The van der Waals surface area contributed by atoms with Crippen LogP contribution in [0, 0.1) is 0 Å². The maximum Gasteiger partial charge on any atom is 0.335 e. The molecule has 0 bridgehead atoms. The van der Waals surface area contributed by atoms with Gasteiger partial charge in [-0.2, -0.15) is 0 Å². The molecule has 2 aromatic rings. The Morgan fingerprint density at radius 1 is 1.12 bits per heavy atom. The molecule has 3 rings (SSSR count). The van der Waals surface area contributed by atoms with Gasteiger partial charge in [-0.15, -0.1) is 0 Å². The average molecular weight is 339 g/mol. The fourth-order valence-corrected chi connectivity index (χ4v) is 2.57. The number of nitrogens with one attached hydrogen (secondary N) is 2. The molecule has 25 heavy (non-hydrogen) atoms. The highest BCUT2D eigenvalue weighted by Gasteiger charge is 2.39. The fourth-order valence-electron chi connectivity index (χ4n) is 2.57. The fraction of sp³-hybridized carbons (Fsp3) is 0.0588. The summed E-state index contributed by atoms with van der Waals surface area (Å²) in [5.74, 6) is -6.11. The van der Waals surface area contributed by atoms with Crippen LogP contribution in [-0.2, 0) is 14.4 Å². The number of Topliss-reactive ketones (excluding diaryl/α,β-unsaturated/α-hetero) is 1. The SMILES string of the molecule is O=C(Nc1ccc([O-])c(C(=O)O)c1)C(=O)[C@@H]1C(=O)Nc2ccccc21. The average Bonchev–Trinajstić information content (AvgIpc) is 2.91. The van der Waals surface area contributed by atoms with E-state index in [9.17, 15) is 24.3 Å². The molecular weight excluding hydrogens is 328 g/mol. The predicted molar refractivity (Wildman–Crippen MR) is 84.3 cm³/mol. The van der Waals surface area contributed by atoms with Crippen molar-refractivity contribution in [2.24, 2.45) is 0 Å². The van der Waals surface area contributed by atoms with Gasteiger partial charge < -0.3 is 20.8 Å². The molecule has 0 aromatic heterocycles. The van der Waals surface area contributed by atoms with Gasteiger partial charge in [-0.3, -0.25) is 14.4 Å². The second-order valence-corrected chi connectivity index (χ2v) is 5.34. The van der Waals surface area contributed by atoms with Crippen molar-refractivity contribution in [2.45, 2.75) is 5.92 Å². The summed E-state index contributed by atoms with van der Waals surface area (Å²) in [5.41, 5.74) is 0.299. The molecule has 0 spiro atoms. The minimum atomic E-state index is -1.45. The molecule has 1 heterocycles. The highest BCUT2D eigenvalue weighted by Crippen LogP contribution is 2.33. The number of carbonyl (C=O) groups is 4. The lowest BCUT2D eigenvalue weighted by Gasteiger charge is -2.13. The molecule has 0 radical (unpaired) electrons. The van der Waals surface area contributed by atoms with Gasteiger partial charge in [0.2, 0.25) is 11.7 Å². The zero-order valence-electron chi connectivity index (χ0n) is 12.6.